The number of hydrogen-bond donors (Lipinski definition) is 2. The predicted octanol–water partition coefficient (Wildman–Crippen LogP) is 5.22. The van der Waals surface area contributed by atoms with Gasteiger partial charge in [-0.3, -0.25) is 5.84 Å². The molecule has 2 unspecified atom stereocenters. The standard InChI is InChI=1S/C25H37N3/c1-8-12-24(19-20(9-2)10-3)25(5,28(7)26)23-15-13-22(14-16-23)21(11-4)17-18-27-6/h8-9,11-16,19,21,27H,1-2,4,10,17-18,26H2,3,5-7H3/b20-19-,24-12-. The molecule has 2 atom stereocenters. The number of hydrazine groups is 1. The quantitative estimate of drug-likeness (QED) is 0.226. The molecule has 1 aromatic carbocycles. The second-order valence-electron chi connectivity index (χ2n) is 7.17. The van der Waals surface area contributed by atoms with E-state index in [0.29, 0.717) is 5.92 Å². The van der Waals surface area contributed by atoms with Crippen LogP contribution in [0, 0.1) is 0 Å². The highest BCUT2D eigenvalue weighted by Gasteiger charge is 2.33. The molecule has 3 N–H and O–H groups in total. The zero-order valence-electron chi connectivity index (χ0n) is 18.0. The van der Waals surface area contributed by atoms with Crippen molar-refractivity contribution in [1.82, 2.24) is 10.3 Å². The maximum absolute atomic E-state index is 6.36. The van der Waals surface area contributed by atoms with E-state index in [9.17, 15) is 0 Å². The van der Waals surface area contributed by atoms with Gasteiger partial charge in [0.1, 0.15) is 0 Å². The van der Waals surface area contributed by atoms with Crippen LogP contribution >= 0.6 is 0 Å². The van der Waals surface area contributed by atoms with E-state index in [0.717, 1.165) is 36.1 Å². The minimum Gasteiger partial charge on any atom is -0.320 e. The van der Waals surface area contributed by atoms with Crippen molar-refractivity contribution in [2.75, 3.05) is 20.6 Å². The van der Waals surface area contributed by atoms with Gasteiger partial charge in [-0.25, -0.2) is 5.01 Å². The third-order valence-electron chi connectivity index (χ3n) is 5.47. The Morgan fingerprint density at radius 1 is 1.25 bits per heavy atom. The molecule has 0 aromatic heterocycles. The van der Waals surface area contributed by atoms with Crippen LogP contribution in [0.25, 0.3) is 0 Å². The summed E-state index contributed by atoms with van der Waals surface area (Å²) < 4.78 is 0. The van der Waals surface area contributed by atoms with Gasteiger partial charge in [-0.15, -0.1) is 6.58 Å². The molecule has 28 heavy (non-hydrogen) atoms. The molecule has 1 aromatic rings. The zero-order chi connectivity index (χ0) is 21.2. The molecule has 0 amide bonds. The van der Waals surface area contributed by atoms with Crippen LogP contribution in [0.4, 0.5) is 0 Å². The van der Waals surface area contributed by atoms with Gasteiger partial charge in [-0.05, 0) is 55.6 Å². The molecular formula is C25H37N3. The summed E-state index contributed by atoms with van der Waals surface area (Å²) in [4.78, 5) is 0. The molecule has 0 radical (unpaired) electrons. The fraction of sp³-hybridized carbons (Fsp3) is 0.360. The Kier molecular flexibility index (Phi) is 9.88. The van der Waals surface area contributed by atoms with Crippen molar-refractivity contribution in [2.45, 2.75) is 38.1 Å². The second-order valence-corrected chi connectivity index (χ2v) is 7.17. The van der Waals surface area contributed by atoms with Crippen molar-refractivity contribution in [3.05, 3.63) is 96.7 Å². The van der Waals surface area contributed by atoms with E-state index >= 15 is 0 Å². The fourth-order valence-electron chi connectivity index (χ4n) is 3.33. The Labute approximate surface area is 172 Å². The van der Waals surface area contributed by atoms with Gasteiger partial charge in [-0.1, -0.05) is 74.7 Å². The molecule has 0 saturated carbocycles. The molecule has 0 heterocycles. The van der Waals surface area contributed by atoms with Crippen molar-refractivity contribution in [3.63, 3.8) is 0 Å². The van der Waals surface area contributed by atoms with Gasteiger partial charge in [0.15, 0.2) is 0 Å². The summed E-state index contributed by atoms with van der Waals surface area (Å²) >= 11 is 0. The summed E-state index contributed by atoms with van der Waals surface area (Å²) in [5.41, 5.74) is 4.14. The van der Waals surface area contributed by atoms with Crippen molar-refractivity contribution in [2.24, 2.45) is 5.84 Å². The summed E-state index contributed by atoms with van der Waals surface area (Å²) in [7, 11) is 3.87. The molecule has 1 rings (SSSR count). The first-order chi connectivity index (χ1) is 13.4. The number of allylic oxidation sites excluding steroid dienone is 5. The van der Waals surface area contributed by atoms with Crippen LogP contribution in [0.1, 0.15) is 43.7 Å². The van der Waals surface area contributed by atoms with E-state index in [1.165, 1.54) is 5.56 Å². The Morgan fingerprint density at radius 2 is 1.89 bits per heavy atom. The highest BCUT2D eigenvalue weighted by Crippen LogP contribution is 2.36. The number of nitrogens with two attached hydrogens (primary N) is 1. The highest BCUT2D eigenvalue weighted by molar-refractivity contribution is 5.45. The second kappa shape index (κ2) is 11.6. The first kappa shape index (κ1) is 23.8. The average molecular weight is 380 g/mol. The third-order valence-corrected chi connectivity index (χ3v) is 5.47. The van der Waals surface area contributed by atoms with Gasteiger partial charge in [-0.2, -0.15) is 0 Å². The number of hydrogen-bond acceptors (Lipinski definition) is 3. The fourth-order valence-corrected chi connectivity index (χ4v) is 3.33. The molecule has 0 bridgehead atoms. The lowest BCUT2D eigenvalue weighted by Gasteiger charge is -2.38. The molecule has 0 saturated heterocycles. The smallest absolute Gasteiger partial charge is 0.0818 e. The van der Waals surface area contributed by atoms with Gasteiger partial charge in [0.05, 0.1) is 5.54 Å². The predicted molar refractivity (Wildman–Crippen MR) is 124 cm³/mol. The largest absolute Gasteiger partial charge is 0.320 e. The van der Waals surface area contributed by atoms with Crippen LogP contribution in [0.15, 0.2) is 85.5 Å². The molecule has 3 nitrogen and oxygen atoms in total. The minimum atomic E-state index is -0.495. The summed E-state index contributed by atoms with van der Waals surface area (Å²) in [6, 6.07) is 8.70. The van der Waals surface area contributed by atoms with E-state index in [2.05, 4.69) is 69.2 Å². The van der Waals surface area contributed by atoms with Crippen molar-refractivity contribution in [1.29, 1.82) is 0 Å². The van der Waals surface area contributed by atoms with Crippen molar-refractivity contribution < 1.29 is 0 Å². The zero-order valence-corrected chi connectivity index (χ0v) is 18.0. The van der Waals surface area contributed by atoms with Crippen LogP contribution in [0.5, 0.6) is 0 Å². The molecule has 152 valence electrons. The lowest BCUT2D eigenvalue weighted by molar-refractivity contribution is 0.181. The molecular weight excluding hydrogens is 342 g/mol. The molecule has 3 heteroatoms. The maximum Gasteiger partial charge on any atom is 0.0818 e. The number of likely N-dealkylation sites (N-methyl/N-ethyl adjacent to an activating group) is 1. The first-order valence-electron chi connectivity index (χ1n) is 9.91. The topological polar surface area (TPSA) is 41.3 Å². The van der Waals surface area contributed by atoms with Crippen LogP contribution in [-0.2, 0) is 5.54 Å². The van der Waals surface area contributed by atoms with E-state index in [4.69, 9.17) is 5.84 Å². The normalized spacial score (nSPS) is 15.8. The molecule has 0 aliphatic heterocycles. The monoisotopic (exact) mass is 379 g/mol. The van der Waals surface area contributed by atoms with Gasteiger partial charge in [0, 0.05) is 13.0 Å². The maximum atomic E-state index is 6.36. The van der Waals surface area contributed by atoms with Gasteiger partial charge in [0.2, 0.25) is 0 Å². The van der Waals surface area contributed by atoms with E-state index < -0.39 is 5.54 Å². The van der Waals surface area contributed by atoms with E-state index in [1.54, 1.807) is 5.01 Å². The van der Waals surface area contributed by atoms with Crippen molar-refractivity contribution >= 4 is 0 Å². The number of nitrogens with one attached hydrogen (secondary N) is 1. The summed E-state index contributed by atoms with van der Waals surface area (Å²) in [6.07, 6.45) is 11.8. The number of benzene rings is 1. The summed E-state index contributed by atoms with van der Waals surface area (Å²) in [6.45, 7) is 17.0. The molecule has 0 aliphatic rings. The van der Waals surface area contributed by atoms with E-state index in [1.807, 2.05) is 38.4 Å². The third kappa shape index (κ3) is 5.65. The van der Waals surface area contributed by atoms with Gasteiger partial charge >= 0.3 is 0 Å². The van der Waals surface area contributed by atoms with Crippen LogP contribution in [0.3, 0.4) is 0 Å². The highest BCUT2D eigenvalue weighted by atomic mass is 15.4. The van der Waals surface area contributed by atoms with E-state index in [-0.39, 0.29) is 0 Å². The van der Waals surface area contributed by atoms with Crippen molar-refractivity contribution in [3.8, 4) is 0 Å². The Hall–Kier alpha value is -2.20. The minimum absolute atomic E-state index is 0.332. The molecule has 0 fully saturated rings. The van der Waals surface area contributed by atoms with Crippen LogP contribution in [-0.4, -0.2) is 25.6 Å². The molecule has 0 aliphatic carbocycles. The lowest BCUT2D eigenvalue weighted by atomic mass is 9.81. The average Bonchev–Trinajstić information content (AvgIpc) is 2.71. The molecule has 0 spiro atoms. The Balaban J connectivity index is 3.41. The van der Waals surface area contributed by atoms with Gasteiger partial charge < -0.3 is 5.32 Å². The van der Waals surface area contributed by atoms with Crippen LogP contribution < -0.4 is 11.2 Å². The van der Waals surface area contributed by atoms with Crippen LogP contribution in [0.2, 0.25) is 0 Å². The number of rotatable bonds is 12. The first-order valence-corrected chi connectivity index (χ1v) is 9.91. The Bertz CT molecular complexity index is 710. The SMILES string of the molecule is C=C/C=C(/C=C(/C=C)CC)C(C)(c1ccc(C(C=C)CCNC)cc1)N(C)N. The lowest BCUT2D eigenvalue weighted by Crippen LogP contribution is -2.47. The Morgan fingerprint density at radius 3 is 2.32 bits per heavy atom. The summed E-state index contributed by atoms with van der Waals surface area (Å²) in [5, 5.41) is 4.97. The van der Waals surface area contributed by atoms with Gasteiger partial charge in [0.25, 0.3) is 0 Å². The number of nitrogens with zero attached hydrogens (tertiary/aromatic N) is 1. The summed E-state index contributed by atoms with van der Waals surface area (Å²) in [5.74, 6) is 6.69.